The van der Waals surface area contributed by atoms with Crippen molar-refractivity contribution in [2.24, 2.45) is 0 Å². The largest absolute Gasteiger partial charge is 0.417 e. The maximum atomic E-state index is 12.7. The summed E-state index contributed by atoms with van der Waals surface area (Å²) in [7, 11) is 0. The van der Waals surface area contributed by atoms with E-state index in [2.05, 4.69) is 0 Å². The van der Waals surface area contributed by atoms with E-state index in [1.54, 1.807) is 0 Å². The van der Waals surface area contributed by atoms with Crippen molar-refractivity contribution in [2.45, 2.75) is 12.4 Å². The number of fused-ring (bicyclic) bond motifs is 1. The smallest absolute Gasteiger partial charge is 0.166 e. The van der Waals surface area contributed by atoms with E-state index in [4.69, 9.17) is 0 Å². The number of halogens is 6. The molecule has 0 nitrogen and oxygen atoms in total. The second-order valence-electron chi connectivity index (χ2n) is 3.74. The molecule has 0 fully saturated rings. The Labute approximate surface area is 97.8 Å². The lowest BCUT2D eigenvalue weighted by molar-refractivity contribution is -0.142. The summed E-state index contributed by atoms with van der Waals surface area (Å²) in [6.45, 7) is 0. The molecule has 0 unspecified atom stereocenters. The molecule has 6 heteroatoms. The van der Waals surface area contributed by atoms with Crippen molar-refractivity contribution < 1.29 is 26.3 Å². The maximum Gasteiger partial charge on any atom is 0.417 e. The van der Waals surface area contributed by atoms with E-state index in [1.165, 1.54) is 18.2 Å². The third-order valence-corrected chi connectivity index (χ3v) is 2.49. The van der Waals surface area contributed by atoms with Crippen LogP contribution in [0.15, 0.2) is 36.4 Å². The van der Waals surface area contributed by atoms with Gasteiger partial charge in [-0.25, -0.2) is 0 Å². The Kier molecular flexibility index (Phi) is 2.76. The minimum Gasteiger partial charge on any atom is -0.166 e. The molecule has 0 radical (unpaired) electrons. The summed E-state index contributed by atoms with van der Waals surface area (Å²) in [4.78, 5) is 0. The molecule has 0 aliphatic rings. The summed E-state index contributed by atoms with van der Waals surface area (Å²) in [5.74, 6) is 0. The van der Waals surface area contributed by atoms with E-state index >= 15 is 0 Å². The van der Waals surface area contributed by atoms with Crippen molar-refractivity contribution >= 4 is 10.8 Å². The molecule has 96 valence electrons. The molecule has 0 amide bonds. The highest BCUT2D eigenvalue weighted by atomic mass is 19.4. The molecular formula is C12H6F6. The Balaban J connectivity index is 2.81. The average molecular weight is 264 g/mol. The molecule has 0 N–H and O–H groups in total. The molecule has 2 aromatic carbocycles. The van der Waals surface area contributed by atoms with E-state index in [0.29, 0.717) is 6.07 Å². The lowest BCUT2D eigenvalue weighted by Crippen LogP contribution is -2.11. The van der Waals surface area contributed by atoms with E-state index in [1.807, 2.05) is 0 Å². The lowest BCUT2D eigenvalue weighted by Gasteiger charge is -2.14. The van der Waals surface area contributed by atoms with Gasteiger partial charge in [0.2, 0.25) is 0 Å². The number of alkyl halides is 6. The van der Waals surface area contributed by atoms with E-state index < -0.39 is 23.5 Å². The zero-order valence-corrected chi connectivity index (χ0v) is 8.73. The molecular weight excluding hydrogens is 258 g/mol. The SMILES string of the molecule is FC(F)(F)c1cc(C(F)(F)F)c2ccccc2c1. The van der Waals surface area contributed by atoms with Gasteiger partial charge in [-0.15, -0.1) is 0 Å². The Morgan fingerprint density at radius 2 is 1.33 bits per heavy atom. The molecule has 0 aliphatic heterocycles. The van der Waals surface area contributed by atoms with Gasteiger partial charge < -0.3 is 0 Å². The van der Waals surface area contributed by atoms with Crippen LogP contribution in [0.3, 0.4) is 0 Å². The van der Waals surface area contributed by atoms with Gasteiger partial charge in [-0.05, 0) is 22.9 Å². The summed E-state index contributed by atoms with van der Waals surface area (Å²) >= 11 is 0. The van der Waals surface area contributed by atoms with Crippen LogP contribution in [0.1, 0.15) is 11.1 Å². The van der Waals surface area contributed by atoms with Gasteiger partial charge in [0, 0.05) is 0 Å². The van der Waals surface area contributed by atoms with Crippen LogP contribution in [-0.4, -0.2) is 0 Å². The molecule has 0 bridgehead atoms. The van der Waals surface area contributed by atoms with Gasteiger partial charge >= 0.3 is 12.4 Å². The molecule has 0 aliphatic carbocycles. The molecule has 0 spiro atoms. The minimum atomic E-state index is -4.82. The van der Waals surface area contributed by atoms with Crippen molar-refractivity contribution in [1.29, 1.82) is 0 Å². The standard InChI is InChI=1S/C12H6F6/c13-11(14,15)8-5-7-3-1-2-4-9(7)10(6-8)12(16,17)18/h1-6H. The van der Waals surface area contributed by atoms with Crippen molar-refractivity contribution in [1.82, 2.24) is 0 Å². The number of rotatable bonds is 0. The van der Waals surface area contributed by atoms with Gasteiger partial charge in [-0.2, -0.15) is 26.3 Å². The van der Waals surface area contributed by atoms with E-state index in [-0.39, 0.29) is 16.8 Å². The second-order valence-corrected chi connectivity index (χ2v) is 3.74. The fourth-order valence-electron chi connectivity index (χ4n) is 1.71. The van der Waals surface area contributed by atoms with Gasteiger partial charge in [-0.1, -0.05) is 24.3 Å². The topological polar surface area (TPSA) is 0 Å². The number of hydrogen-bond acceptors (Lipinski definition) is 0. The predicted molar refractivity (Wildman–Crippen MR) is 54.0 cm³/mol. The van der Waals surface area contributed by atoms with Gasteiger partial charge in [0.15, 0.2) is 0 Å². The molecule has 0 aromatic heterocycles. The summed E-state index contributed by atoms with van der Waals surface area (Å²) < 4.78 is 75.7. The fourth-order valence-corrected chi connectivity index (χ4v) is 1.71. The Hall–Kier alpha value is -1.72. The normalized spacial score (nSPS) is 13.0. The van der Waals surface area contributed by atoms with Gasteiger partial charge in [0.25, 0.3) is 0 Å². The highest BCUT2D eigenvalue weighted by Gasteiger charge is 2.37. The minimum absolute atomic E-state index is 0.0837. The van der Waals surface area contributed by atoms with Gasteiger partial charge in [-0.3, -0.25) is 0 Å². The molecule has 2 rings (SSSR count). The van der Waals surface area contributed by atoms with Crippen molar-refractivity contribution in [3.8, 4) is 0 Å². The first kappa shape index (κ1) is 12.7. The number of benzene rings is 2. The van der Waals surface area contributed by atoms with Crippen LogP contribution in [0.25, 0.3) is 10.8 Å². The Morgan fingerprint density at radius 3 is 1.89 bits per heavy atom. The molecule has 0 heterocycles. The van der Waals surface area contributed by atoms with Crippen LogP contribution in [0.2, 0.25) is 0 Å². The van der Waals surface area contributed by atoms with Crippen molar-refractivity contribution in [2.75, 3.05) is 0 Å². The Morgan fingerprint density at radius 1 is 0.722 bits per heavy atom. The third-order valence-electron chi connectivity index (χ3n) is 2.49. The van der Waals surface area contributed by atoms with Gasteiger partial charge in [0.1, 0.15) is 0 Å². The lowest BCUT2D eigenvalue weighted by atomic mass is 10.0. The highest BCUT2D eigenvalue weighted by molar-refractivity contribution is 5.87. The van der Waals surface area contributed by atoms with Crippen LogP contribution in [0.4, 0.5) is 26.3 Å². The maximum absolute atomic E-state index is 12.7. The molecule has 18 heavy (non-hydrogen) atoms. The third kappa shape index (κ3) is 2.27. The predicted octanol–water partition coefficient (Wildman–Crippen LogP) is 4.88. The zero-order valence-electron chi connectivity index (χ0n) is 8.73. The van der Waals surface area contributed by atoms with Gasteiger partial charge in [0.05, 0.1) is 11.1 Å². The van der Waals surface area contributed by atoms with Crippen LogP contribution >= 0.6 is 0 Å². The molecule has 2 aromatic rings. The van der Waals surface area contributed by atoms with E-state index in [9.17, 15) is 26.3 Å². The highest BCUT2D eigenvalue weighted by Crippen LogP contribution is 2.39. The summed E-state index contributed by atoms with van der Waals surface area (Å²) in [6.07, 6.45) is -9.62. The molecule has 0 saturated heterocycles. The second kappa shape index (κ2) is 3.90. The average Bonchev–Trinajstić information content (AvgIpc) is 2.25. The Bertz CT molecular complexity index is 579. The first-order valence-electron chi connectivity index (χ1n) is 4.87. The van der Waals surface area contributed by atoms with Crippen LogP contribution in [0.5, 0.6) is 0 Å². The number of hydrogen-bond donors (Lipinski definition) is 0. The quantitative estimate of drug-likeness (QED) is 0.595. The summed E-state index contributed by atoms with van der Waals surface area (Å²) in [5, 5.41) is -0.322. The van der Waals surface area contributed by atoms with Crippen LogP contribution < -0.4 is 0 Å². The molecule has 0 atom stereocenters. The summed E-state index contributed by atoms with van der Waals surface area (Å²) in [6, 6.07) is 5.97. The first-order valence-corrected chi connectivity index (χ1v) is 4.87. The van der Waals surface area contributed by atoms with E-state index in [0.717, 1.165) is 6.07 Å². The van der Waals surface area contributed by atoms with Crippen LogP contribution in [0, 0.1) is 0 Å². The monoisotopic (exact) mass is 264 g/mol. The first-order chi connectivity index (χ1) is 8.19. The zero-order chi connectivity index (χ0) is 13.6. The van der Waals surface area contributed by atoms with Crippen molar-refractivity contribution in [3.63, 3.8) is 0 Å². The van der Waals surface area contributed by atoms with Crippen LogP contribution in [-0.2, 0) is 12.4 Å². The van der Waals surface area contributed by atoms with Crippen molar-refractivity contribution in [3.05, 3.63) is 47.5 Å². The summed E-state index contributed by atoms with van der Waals surface area (Å²) in [5.41, 5.74) is -2.57. The molecule has 0 saturated carbocycles. The fraction of sp³-hybridized carbons (Fsp3) is 0.167.